The van der Waals surface area contributed by atoms with Crippen molar-refractivity contribution in [2.75, 3.05) is 19.7 Å². The lowest BCUT2D eigenvalue weighted by molar-refractivity contribution is -0.139. The lowest BCUT2D eigenvalue weighted by atomic mass is 9.93. The molecule has 0 N–H and O–H groups in total. The topological polar surface area (TPSA) is 62.2 Å². The number of carbonyl (C=O) groups is 2. The number of amides is 1. The number of piperidine rings is 1. The van der Waals surface area contributed by atoms with Crippen molar-refractivity contribution < 1.29 is 18.7 Å². The molecule has 0 bridgehead atoms. The monoisotopic (exact) mass is 457 g/mol. The Morgan fingerprint density at radius 3 is 2.66 bits per heavy atom. The van der Waals surface area contributed by atoms with Gasteiger partial charge in [-0.15, -0.1) is 0 Å². The lowest BCUT2D eigenvalue weighted by Gasteiger charge is -2.37. The maximum atomic E-state index is 15.0. The molecule has 0 radical (unpaired) electrons. The molecule has 8 heteroatoms. The van der Waals surface area contributed by atoms with Crippen LogP contribution < -0.4 is 0 Å². The number of benzene rings is 1. The SMILES string of the molecule is CCOC(=O)C1=C(C)N=C2SC=C(CC(=O)N3CCC(C)CC3)N2[C@H]1c1ccccc1F. The molecule has 1 aromatic carbocycles. The van der Waals surface area contributed by atoms with E-state index in [1.165, 1.54) is 17.8 Å². The fraction of sp³-hybridized carbons (Fsp3) is 0.458. The van der Waals surface area contributed by atoms with Gasteiger partial charge in [-0.25, -0.2) is 14.2 Å². The van der Waals surface area contributed by atoms with Crippen LogP contribution in [-0.4, -0.2) is 46.5 Å². The zero-order valence-electron chi connectivity index (χ0n) is 18.6. The van der Waals surface area contributed by atoms with Crippen molar-refractivity contribution in [2.45, 2.75) is 46.1 Å². The standard InChI is InChI=1S/C24H28FN3O3S/c1-4-31-23(30)21-16(3)26-24-28(22(21)18-7-5-6-8-19(18)25)17(14-32-24)13-20(29)27-11-9-15(2)10-12-27/h5-8,14-15,22H,4,9-13H2,1-3H3/t22-/m0/s1. The first-order chi connectivity index (χ1) is 15.4. The van der Waals surface area contributed by atoms with E-state index >= 15 is 0 Å². The van der Waals surface area contributed by atoms with Crippen LogP contribution in [0.1, 0.15) is 51.6 Å². The molecule has 6 nitrogen and oxygen atoms in total. The number of nitrogens with zero attached hydrogens (tertiary/aromatic N) is 3. The van der Waals surface area contributed by atoms with Crippen LogP contribution in [-0.2, 0) is 14.3 Å². The van der Waals surface area contributed by atoms with Crippen LogP contribution in [0.3, 0.4) is 0 Å². The predicted octanol–water partition coefficient (Wildman–Crippen LogP) is 4.61. The Balaban J connectivity index is 1.68. The smallest absolute Gasteiger partial charge is 0.338 e. The van der Waals surface area contributed by atoms with Crippen LogP contribution in [0.25, 0.3) is 0 Å². The molecule has 0 unspecified atom stereocenters. The molecule has 1 fully saturated rings. The summed E-state index contributed by atoms with van der Waals surface area (Å²) in [4.78, 5) is 34.3. The number of carbonyl (C=O) groups excluding carboxylic acids is 2. The Hall–Kier alpha value is -2.61. The molecule has 0 aliphatic carbocycles. The summed E-state index contributed by atoms with van der Waals surface area (Å²) in [5.41, 5.74) is 1.88. The van der Waals surface area contributed by atoms with E-state index in [4.69, 9.17) is 4.74 Å². The zero-order chi connectivity index (χ0) is 22.8. The predicted molar refractivity (Wildman–Crippen MR) is 123 cm³/mol. The highest BCUT2D eigenvalue weighted by Gasteiger charge is 2.42. The molecule has 1 amide bonds. The number of allylic oxidation sites excluding steroid dienone is 1. The number of halogens is 1. The van der Waals surface area contributed by atoms with E-state index in [9.17, 15) is 14.0 Å². The summed E-state index contributed by atoms with van der Waals surface area (Å²) in [7, 11) is 0. The minimum absolute atomic E-state index is 0.0428. The van der Waals surface area contributed by atoms with E-state index in [1.54, 1.807) is 32.0 Å². The summed E-state index contributed by atoms with van der Waals surface area (Å²) < 4.78 is 20.3. The molecule has 32 heavy (non-hydrogen) atoms. The summed E-state index contributed by atoms with van der Waals surface area (Å²) in [6.07, 6.45) is 2.19. The molecule has 3 heterocycles. The van der Waals surface area contributed by atoms with Crippen molar-refractivity contribution in [3.05, 3.63) is 58.0 Å². The molecule has 4 rings (SSSR count). The third-order valence-electron chi connectivity index (χ3n) is 6.16. The van der Waals surface area contributed by atoms with E-state index in [-0.39, 0.29) is 18.9 Å². The number of aliphatic imine (C=N–C) groups is 1. The third kappa shape index (κ3) is 4.33. The Morgan fingerprint density at radius 1 is 1.25 bits per heavy atom. The molecule has 0 saturated carbocycles. The fourth-order valence-corrected chi connectivity index (χ4v) is 5.32. The van der Waals surface area contributed by atoms with Crippen LogP contribution >= 0.6 is 11.8 Å². The van der Waals surface area contributed by atoms with Gasteiger partial charge in [0.15, 0.2) is 5.17 Å². The molecule has 170 valence electrons. The molecule has 3 aliphatic rings. The van der Waals surface area contributed by atoms with Crippen LogP contribution in [0.2, 0.25) is 0 Å². The second kappa shape index (κ2) is 9.48. The average Bonchev–Trinajstić information content (AvgIpc) is 3.15. The lowest BCUT2D eigenvalue weighted by Crippen LogP contribution is -2.41. The number of hydrogen-bond donors (Lipinski definition) is 0. The third-order valence-corrected chi connectivity index (χ3v) is 7.05. The second-order valence-electron chi connectivity index (χ2n) is 8.38. The molecule has 0 spiro atoms. The molecule has 1 atom stereocenters. The number of ether oxygens (including phenoxy) is 1. The quantitative estimate of drug-likeness (QED) is 0.604. The van der Waals surface area contributed by atoms with E-state index in [0.29, 0.717) is 27.9 Å². The summed E-state index contributed by atoms with van der Waals surface area (Å²) in [5.74, 6) is -0.261. The van der Waals surface area contributed by atoms with Gasteiger partial charge in [0.2, 0.25) is 5.91 Å². The molecular weight excluding hydrogens is 429 g/mol. The van der Waals surface area contributed by atoms with Crippen LogP contribution in [0, 0.1) is 11.7 Å². The number of thioether (sulfide) groups is 1. The van der Waals surface area contributed by atoms with E-state index in [1.807, 2.05) is 15.2 Å². The Morgan fingerprint density at radius 2 is 1.97 bits per heavy atom. The normalized spacial score (nSPS) is 21.3. The van der Waals surface area contributed by atoms with Gasteiger partial charge in [-0.3, -0.25) is 4.79 Å². The molecule has 1 aromatic rings. The van der Waals surface area contributed by atoms with Crippen LogP contribution in [0.15, 0.2) is 51.6 Å². The van der Waals surface area contributed by atoms with Gasteiger partial charge in [0.25, 0.3) is 0 Å². The van der Waals surface area contributed by atoms with Gasteiger partial charge in [-0.2, -0.15) is 0 Å². The summed E-state index contributed by atoms with van der Waals surface area (Å²) in [5, 5.41) is 2.53. The highest BCUT2D eigenvalue weighted by atomic mass is 32.2. The van der Waals surface area contributed by atoms with Crippen molar-refractivity contribution >= 4 is 28.8 Å². The molecular formula is C24H28FN3O3S. The van der Waals surface area contributed by atoms with Gasteiger partial charge < -0.3 is 14.5 Å². The Bertz CT molecular complexity index is 1010. The van der Waals surface area contributed by atoms with Crippen molar-refractivity contribution in [1.82, 2.24) is 9.80 Å². The molecule has 3 aliphatic heterocycles. The summed E-state index contributed by atoms with van der Waals surface area (Å²) in [6.45, 7) is 7.40. The number of rotatable bonds is 5. The second-order valence-corrected chi connectivity index (χ2v) is 9.21. The highest BCUT2D eigenvalue weighted by molar-refractivity contribution is 8.16. The number of fused-ring (bicyclic) bond motifs is 1. The van der Waals surface area contributed by atoms with Gasteiger partial charge in [-0.05, 0) is 44.1 Å². The van der Waals surface area contributed by atoms with Crippen molar-refractivity contribution in [1.29, 1.82) is 0 Å². The van der Waals surface area contributed by atoms with Gasteiger partial charge in [-0.1, -0.05) is 36.9 Å². The minimum Gasteiger partial charge on any atom is -0.463 e. The van der Waals surface area contributed by atoms with Gasteiger partial charge in [0.05, 0.1) is 30.3 Å². The van der Waals surface area contributed by atoms with Gasteiger partial charge >= 0.3 is 5.97 Å². The number of amidine groups is 1. The fourth-order valence-electron chi connectivity index (χ4n) is 4.36. The molecule has 1 saturated heterocycles. The minimum atomic E-state index is -0.738. The van der Waals surface area contributed by atoms with E-state index < -0.39 is 17.8 Å². The zero-order valence-corrected chi connectivity index (χ0v) is 19.5. The first kappa shape index (κ1) is 22.6. The van der Waals surface area contributed by atoms with Crippen molar-refractivity contribution in [2.24, 2.45) is 10.9 Å². The number of hydrogen-bond acceptors (Lipinski definition) is 6. The van der Waals surface area contributed by atoms with Crippen molar-refractivity contribution in [3.63, 3.8) is 0 Å². The van der Waals surface area contributed by atoms with E-state index in [2.05, 4.69) is 11.9 Å². The van der Waals surface area contributed by atoms with E-state index in [0.717, 1.165) is 31.6 Å². The summed E-state index contributed by atoms with van der Waals surface area (Å²) in [6, 6.07) is 5.68. The Labute approximate surface area is 192 Å². The Kier molecular flexibility index (Phi) is 6.69. The van der Waals surface area contributed by atoms with Crippen LogP contribution in [0.5, 0.6) is 0 Å². The maximum Gasteiger partial charge on any atom is 0.338 e. The molecule has 0 aromatic heterocycles. The van der Waals surface area contributed by atoms with Gasteiger partial charge in [0.1, 0.15) is 5.82 Å². The maximum absolute atomic E-state index is 15.0. The first-order valence-corrected chi connectivity index (χ1v) is 11.9. The first-order valence-electron chi connectivity index (χ1n) is 11.0. The highest BCUT2D eigenvalue weighted by Crippen LogP contribution is 2.45. The summed E-state index contributed by atoms with van der Waals surface area (Å²) >= 11 is 1.39. The van der Waals surface area contributed by atoms with Gasteiger partial charge in [0, 0.05) is 24.4 Å². The number of esters is 1. The van der Waals surface area contributed by atoms with Crippen LogP contribution in [0.4, 0.5) is 4.39 Å². The largest absolute Gasteiger partial charge is 0.463 e. The van der Waals surface area contributed by atoms with Crippen molar-refractivity contribution in [3.8, 4) is 0 Å². The average molecular weight is 458 g/mol. The number of likely N-dealkylation sites (tertiary alicyclic amines) is 1.